The number of Topliss-reactive ketones (excluding diaryl/α,β-unsaturated/α-hetero) is 1. The molecule has 0 fully saturated rings. The second-order valence-corrected chi connectivity index (χ2v) is 5.11. The number of aryl methyl sites for hydroxylation is 1. The van der Waals surface area contributed by atoms with Gasteiger partial charge in [-0.05, 0) is 24.6 Å². The zero-order valence-corrected chi connectivity index (χ0v) is 10.3. The topological polar surface area (TPSA) is 60.4 Å². The molecule has 0 amide bonds. The van der Waals surface area contributed by atoms with Crippen LogP contribution in [0.15, 0.2) is 18.3 Å². The number of hydrogen-bond acceptors (Lipinski definition) is 4. The Bertz CT molecular complexity index is 754. The molecule has 0 aliphatic carbocycles. The van der Waals surface area contributed by atoms with E-state index in [0.717, 1.165) is 21.3 Å². The standard InChI is InChI=1S/C12H11N3OS/c1-6-3-4-15-8(5-6)9-10(13)11(7(2)16)17-12(9)14-15/h3-5H,13H2,1-2H3. The van der Waals surface area contributed by atoms with Gasteiger partial charge in [0.2, 0.25) is 0 Å². The SMILES string of the molecule is CC(=O)c1sc2nn3ccc(C)cc3c2c1N. The fourth-order valence-corrected chi connectivity index (χ4v) is 2.98. The fourth-order valence-electron chi connectivity index (χ4n) is 1.98. The molecule has 0 unspecified atom stereocenters. The summed E-state index contributed by atoms with van der Waals surface area (Å²) < 4.78 is 1.80. The number of nitrogen functional groups attached to an aromatic ring is 1. The number of ketones is 1. The number of anilines is 1. The van der Waals surface area contributed by atoms with Gasteiger partial charge in [0.1, 0.15) is 4.83 Å². The van der Waals surface area contributed by atoms with E-state index in [1.54, 1.807) is 4.52 Å². The third-order valence-corrected chi connectivity index (χ3v) is 3.98. The van der Waals surface area contributed by atoms with Crippen molar-refractivity contribution in [3.05, 3.63) is 28.8 Å². The summed E-state index contributed by atoms with van der Waals surface area (Å²) in [5.41, 5.74) is 8.70. The van der Waals surface area contributed by atoms with Crippen LogP contribution < -0.4 is 5.73 Å². The first-order valence-electron chi connectivity index (χ1n) is 5.26. The summed E-state index contributed by atoms with van der Waals surface area (Å²) >= 11 is 1.36. The molecule has 3 aromatic heterocycles. The summed E-state index contributed by atoms with van der Waals surface area (Å²) in [5, 5.41) is 5.32. The normalized spacial score (nSPS) is 11.4. The smallest absolute Gasteiger partial charge is 0.171 e. The van der Waals surface area contributed by atoms with Gasteiger partial charge >= 0.3 is 0 Å². The van der Waals surface area contributed by atoms with Gasteiger partial charge in [0.15, 0.2) is 5.78 Å². The van der Waals surface area contributed by atoms with Crippen LogP contribution in [0.1, 0.15) is 22.2 Å². The van der Waals surface area contributed by atoms with E-state index in [-0.39, 0.29) is 5.78 Å². The molecule has 0 spiro atoms. The first kappa shape index (κ1) is 10.3. The average Bonchev–Trinajstić information content (AvgIpc) is 2.76. The number of nitrogens with zero attached hydrogens (tertiary/aromatic N) is 2. The highest BCUT2D eigenvalue weighted by atomic mass is 32.1. The molecule has 0 bridgehead atoms. The van der Waals surface area contributed by atoms with E-state index in [2.05, 4.69) is 5.10 Å². The lowest BCUT2D eigenvalue weighted by atomic mass is 10.2. The summed E-state index contributed by atoms with van der Waals surface area (Å²) in [6.07, 6.45) is 1.91. The van der Waals surface area contributed by atoms with Crippen molar-refractivity contribution in [3.8, 4) is 0 Å². The van der Waals surface area contributed by atoms with E-state index < -0.39 is 0 Å². The van der Waals surface area contributed by atoms with Crippen molar-refractivity contribution < 1.29 is 4.79 Å². The number of carbonyl (C=O) groups is 1. The monoisotopic (exact) mass is 245 g/mol. The van der Waals surface area contributed by atoms with Crippen molar-refractivity contribution >= 4 is 38.5 Å². The first-order valence-corrected chi connectivity index (χ1v) is 6.07. The Morgan fingerprint density at radius 1 is 1.53 bits per heavy atom. The molecule has 0 saturated heterocycles. The van der Waals surface area contributed by atoms with Crippen LogP contribution in [-0.4, -0.2) is 15.4 Å². The quantitative estimate of drug-likeness (QED) is 0.670. The molecule has 86 valence electrons. The van der Waals surface area contributed by atoms with E-state index in [9.17, 15) is 4.79 Å². The highest BCUT2D eigenvalue weighted by molar-refractivity contribution is 7.21. The Morgan fingerprint density at radius 2 is 2.29 bits per heavy atom. The van der Waals surface area contributed by atoms with Crippen molar-refractivity contribution in [2.24, 2.45) is 0 Å². The van der Waals surface area contributed by atoms with Gasteiger partial charge in [-0.15, -0.1) is 11.3 Å². The number of pyridine rings is 1. The Hall–Kier alpha value is -1.88. The highest BCUT2D eigenvalue weighted by Crippen LogP contribution is 2.36. The molecule has 0 radical (unpaired) electrons. The van der Waals surface area contributed by atoms with E-state index in [0.29, 0.717) is 10.6 Å². The number of rotatable bonds is 1. The molecule has 0 atom stereocenters. The molecular formula is C12H11N3OS. The molecule has 0 saturated carbocycles. The molecule has 4 nitrogen and oxygen atoms in total. The molecule has 5 heteroatoms. The van der Waals surface area contributed by atoms with Crippen molar-refractivity contribution in [2.45, 2.75) is 13.8 Å². The lowest BCUT2D eigenvalue weighted by molar-refractivity contribution is 0.102. The molecule has 2 N–H and O–H groups in total. The third kappa shape index (κ3) is 1.36. The minimum atomic E-state index is -0.00342. The maximum atomic E-state index is 11.4. The summed E-state index contributed by atoms with van der Waals surface area (Å²) in [7, 11) is 0. The van der Waals surface area contributed by atoms with Gasteiger partial charge in [0.05, 0.1) is 21.5 Å². The van der Waals surface area contributed by atoms with Crippen LogP contribution >= 0.6 is 11.3 Å². The second-order valence-electron chi connectivity index (χ2n) is 4.12. The molecule has 0 aliphatic heterocycles. The first-order chi connectivity index (χ1) is 8.08. The zero-order valence-electron chi connectivity index (χ0n) is 9.52. The van der Waals surface area contributed by atoms with E-state index in [4.69, 9.17) is 5.73 Å². The fraction of sp³-hybridized carbons (Fsp3) is 0.167. The molecule has 0 aliphatic rings. The number of thiophene rings is 1. The number of hydrogen-bond donors (Lipinski definition) is 1. The minimum absolute atomic E-state index is 0.00342. The second kappa shape index (κ2) is 3.30. The molecule has 17 heavy (non-hydrogen) atoms. The van der Waals surface area contributed by atoms with E-state index in [1.807, 2.05) is 25.3 Å². The van der Waals surface area contributed by atoms with Crippen LogP contribution in [0.3, 0.4) is 0 Å². The minimum Gasteiger partial charge on any atom is -0.397 e. The maximum absolute atomic E-state index is 11.4. The van der Waals surface area contributed by atoms with E-state index in [1.165, 1.54) is 18.3 Å². The van der Waals surface area contributed by atoms with Crippen molar-refractivity contribution in [2.75, 3.05) is 5.73 Å². The van der Waals surface area contributed by atoms with Gasteiger partial charge < -0.3 is 5.73 Å². The maximum Gasteiger partial charge on any atom is 0.171 e. The van der Waals surface area contributed by atoms with Crippen LogP contribution in [0.4, 0.5) is 5.69 Å². The van der Waals surface area contributed by atoms with Gasteiger partial charge in [-0.25, -0.2) is 4.52 Å². The van der Waals surface area contributed by atoms with Gasteiger partial charge in [-0.2, -0.15) is 5.10 Å². The Labute approximate surface area is 102 Å². The van der Waals surface area contributed by atoms with Crippen molar-refractivity contribution in [1.82, 2.24) is 9.61 Å². The lowest BCUT2D eigenvalue weighted by Gasteiger charge is -1.97. The average molecular weight is 245 g/mol. The molecule has 3 heterocycles. The number of fused-ring (bicyclic) bond motifs is 3. The van der Waals surface area contributed by atoms with Gasteiger partial charge in [-0.3, -0.25) is 4.79 Å². The van der Waals surface area contributed by atoms with Gasteiger partial charge in [0, 0.05) is 13.1 Å². The van der Waals surface area contributed by atoms with Crippen LogP contribution in [-0.2, 0) is 0 Å². The summed E-state index contributed by atoms with van der Waals surface area (Å²) in [6.45, 7) is 3.55. The molecule has 3 rings (SSSR count). The molecule has 0 aromatic carbocycles. The number of carbonyl (C=O) groups excluding carboxylic acids is 1. The zero-order chi connectivity index (χ0) is 12.2. The Kier molecular flexibility index (Phi) is 2.00. The lowest BCUT2D eigenvalue weighted by Crippen LogP contribution is -1.94. The number of nitrogens with two attached hydrogens (primary N) is 1. The Balaban J connectivity index is 2.48. The van der Waals surface area contributed by atoms with Crippen LogP contribution in [0.5, 0.6) is 0 Å². The summed E-state index contributed by atoms with van der Waals surface area (Å²) in [5.74, 6) is -0.00342. The highest BCUT2D eigenvalue weighted by Gasteiger charge is 2.18. The summed E-state index contributed by atoms with van der Waals surface area (Å²) in [4.78, 5) is 12.9. The number of aromatic nitrogens is 2. The van der Waals surface area contributed by atoms with Crippen LogP contribution in [0, 0.1) is 6.92 Å². The van der Waals surface area contributed by atoms with Gasteiger partial charge in [-0.1, -0.05) is 0 Å². The van der Waals surface area contributed by atoms with Gasteiger partial charge in [0.25, 0.3) is 0 Å². The third-order valence-electron chi connectivity index (χ3n) is 2.79. The van der Waals surface area contributed by atoms with Crippen LogP contribution in [0.2, 0.25) is 0 Å². The molecule has 3 aromatic rings. The van der Waals surface area contributed by atoms with E-state index >= 15 is 0 Å². The van der Waals surface area contributed by atoms with Crippen LogP contribution in [0.25, 0.3) is 15.7 Å². The summed E-state index contributed by atoms with van der Waals surface area (Å²) in [6, 6.07) is 4.02. The molecular weight excluding hydrogens is 234 g/mol. The predicted molar refractivity (Wildman–Crippen MR) is 69.7 cm³/mol. The van der Waals surface area contributed by atoms with Crippen molar-refractivity contribution in [1.29, 1.82) is 0 Å². The van der Waals surface area contributed by atoms with Crippen molar-refractivity contribution in [3.63, 3.8) is 0 Å². The predicted octanol–water partition coefficient (Wildman–Crippen LogP) is 2.64. The largest absolute Gasteiger partial charge is 0.397 e. The Morgan fingerprint density at radius 3 is 3.00 bits per heavy atom.